The van der Waals surface area contributed by atoms with E-state index in [1.54, 1.807) is 4.90 Å². The topological polar surface area (TPSA) is 24.5 Å². The van der Waals surface area contributed by atoms with E-state index in [0.29, 0.717) is 28.0 Å². The lowest BCUT2D eigenvalue weighted by Crippen LogP contribution is -2.61. The maximum atomic E-state index is 10.7. The van der Waals surface area contributed by atoms with Crippen LogP contribution < -0.4 is 31.1 Å². The Morgan fingerprint density at radius 2 is 0.605 bits per heavy atom. The summed E-state index contributed by atoms with van der Waals surface area (Å²) in [6.45, 7) is 33.8. The van der Waals surface area contributed by atoms with Crippen LogP contribution in [0.1, 0.15) is 144 Å². The molecule has 0 spiro atoms. The molecule has 2 aliphatic rings. The molecule has 5 heterocycles. The first kappa shape index (κ1) is 70.7. The zero-order valence-corrected chi connectivity index (χ0v) is 75.9. The molecule has 0 radical (unpaired) electrons. The monoisotopic (exact) mass is 1680 g/mol. The number of fused-ring (bicyclic) bond motifs is 13. The quantitative estimate of drug-likeness (QED) is 0.114. The molecule has 20 aromatic rings. The van der Waals surface area contributed by atoms with Gasteiger partial charge in [-0.1, -0.05) is 316 Å². The van der Waals surface area contributed by atoms with Crippen LogP contribution in [0.4, 0.5) is 51.2 Å². The van der Waals surface area contributed by atoms with Gasteiger partial charge in [-0.2, -0.15) is 0 Å². The second kappa shape index (κ2) is 30.1. The van der Waals surface area contributed by atoms with E-state index in [4.69, 9.17) is 4.11 Å². The maximum absolute atomic E-state index is 10.7. The number of nitrogens with zero attached hydrogens (tertiary/aromatic N) is 6. The Labute approximate surface area is 772 Å². The molecule has 0 atom stereocenters. The summed E-state index contributed by atoms with van der Waals surface area (Å²) in [6.07, 6.45) is 0. The summed E-state index contributed by atoms with van der Waals surface area (Å²) in [4.78, 5) is 6.71. The molecule has 0 bridgehead atoms. The highest BCUT2D eigenvalue weighted by Crippen LogP contribution is 2.55. The lowest BCUT2D eigenvalue weighted by Gasteiger charge is -2.45. The van der Waals surface area contributed by atoms with E-state index in [1.807, 2.05) is 53.1 Å². The van der Waals surface area contributed by atoms with Gasteiger partial charge in [-0.25, -0.2) is 0 Å². The van der Waals surface area contributed by atoms with Gasteiger partial charge < -0.3 is 28.4 Å². The van der Waals surface area contributed by atoms with Crippen LogP contribution in [-0.4, -0.2) is 20.4 Å². The fourth-order valence-corrected chi connectivity index (χ4v) is 20.1. The van der Waals surface area contributed by atoms with Crippen molar-refractivity contribution in [3.8, 4) is 61.6 Å². The molecule has 129 heavy (non-hydrogen) atoms. The summed E-state index contributed by atoms with van der Waals surface area (Å²) in [5.41, 5.74) is 29.4. The van der Waals surface area contributed by atoms with Gasteiger partial charge in [0, 0.05) is 100 Å². The number of hydrogen-bond acceptors (Lipinski definition) is 3. The van der Waals surface area contributed by atoms with Crippen LogP contribution in [0.2, 0.25) is 0 Å². The molecular weight excluding hydrogens is 1560 g/mol. The van der Waals surface area contributed by atoms with E-state index in [-0.39, 0.29) is 55.8 Å². The molecule has 0 fully saturated rings. The second-order valence-electron chi connectivity index (χ2n) is 40.4. The third-order valence-electron chi connectivity index (χ3n) is 26.9. The van der Waals surface area contributed by atoms with Gasteiger partial charge in [0.1, 0.15) is 0 Å². The van der Waals surface area contributed by atoms with E-state index >= 15 is 0 Å². The zero-order valence-electron chi connectivity index (χ0n) is 84.9. The van der Waals surface area contributed by atoms with Crippen LogP contribution in [0.25, 0.3) is 127 Å². The van der Waals surface area contributed by atoms with Crippen molar-refractivity contribution in [2.45, 2.75) is 131 Å². The number of hydrogen-bond donors (Lipinski definition) is 0. The molecule has 0 aliphatic carbocycles. The minimum absolute atomic E-state index is 0.0929. The maximum Gasteiger partial charge on any atom is 0.252 e. The van der Waals surface area contributed by atoms with E-state index in [0.717, 1.165) is 156 Å². The standard InChI is InChI=1S/C122H107BN6/c1-118(2,3)84-50-59-107-99(67-84)100-68-85(119(4,5)6)51-60-108(100)125(107)92-54-57-104-112(74-92)128(94-65-82(78-36-22-16-23-37-78)64-83(66-94)79-38-24-17-25-39-79)114-76-95(127-106-49-35-34-48-96(106)103-73-91(56-63-111(103)127)124(89-44-30-20-31-45-89)90-46-32-21-33-47-90)77-115-116(114)123(104)105-58-55-93(126-109-61-52-86(120(7,8)9)69-101(109)102-70-87(121(10,11)12)53-62-110(102)126)75-113(105)129(115)117-97(80-40-26-18-27-41-80)71-88(122(13,14)15)72-98(117)81-42-28-19-29-43-81/h16-77H,1-15H3/i20D,30D,31D,34D,35D,44D,45D,48D,49D. The van der Waals surface area contributed by atoms with E-state index in [2.05, 4.69) is 396 Å². The highest BCUT2D eigenvalue weighted by atomic mass is 15.2. The van der Waals surface area contributed by atoms with Gasteiger partial charge in [-0.15, -0.1) is 0 Å². The van der Waals surface area contributed by atoms with E-state index < -0.39 is 49.0 Å². The third-order valence-corrected chi connectivity index (χ3v) is 26.9. The number of benzene rings is 17. The molecule has 0 N–H and O–H groups in total. The minimum Gasteiger partial charge on any atom is -0.311 e. The Kier molecular flexibility index (Phi) is 16.5. The Morgan fingerprint density at radius 3 is 1.04 bits per heavy atom. The Morgan fingerprint density at radius 1 is 0.240 bits per heavy atom. The first-order chi connectivity index (χ1) is 65.9. The van der Waals surface area contributed by atoms with Crippen LogP contribution >= 0.6 is 0 Å². The largest absolute Gasteiger partial charge is 0.311 e. The van der Waals surface area contributed by atoms with Crippen molar-refractivity contribution < 1.29 is 12.3 Å². The molecular formula is C122H107BN6. The van der Waals surface area contributed by atoms with Gasteiger partial charge in [-0.3, -0.25) is 0 Å². The molecule has 0 saturated heterocycles. The number of aromatic nitrogens is 3. The fraction of sp³-hybridized carbons (Fsp3) is 0.164. The summed E-state index contributed by atoms with van der Waals surface area (Å²) in [5, 5.41) is 5.27. The molecule has 628 valence electrons. The van der Waals surface area contributed by atoms with Gasteiger partial charge in [0.15, 0.2) is 0 Å². The lowest BCUT2D eigenvalue weighted by atomic mass is 9.33. The van der Waals surface area contributed by atoms with Crippen molar-refractivity contribution in [1.82, 2.24) is 13.7 Å². The van der Waals surface area contributed by atoms with Crippen molar-refractivity contribution >= 4 is 140 Å². The molecule has 0 amide bonds. The van der Waals surface area contributed by atoms with Gasteiger partial charge in [0.25, 0.3) is 6.71 Å². The highest BCUT2D eigenvalue weighted by Gasteiger charge is 2.46. The molecule has 2 aliphatic heterocycles. The zero-order chi connectivity index (χ0) is 96.3. The van der Waals surface area contributed by atoms with Crippen molar-refractivity contribution in [3.05, 3.63) is 404 Å². The van der Waals surface area contributed by atoms with Crippen molar-refractivity contribution in [2.24, 2.45) is 0 Å². The predicted molar refractivity (Wildman–Crippen MR) is 553 cm³/mol. The van der Waals surface area contributed by atoms with Crippen molar-refractivity contribution in [3.63, 3.8) is 0 Å². The number of anilines is 9. The molecule has 0 unspecified atom stereocenters. The Bertz CT molecular complexity index is 8170. The van der Waals surface area contributed by atoms with Crippen molar-refractivity contribution in [1.29, 1.82) is 0 Å². The van der Waals surface area contributed by atoms with Gasteiger partial charge in [-0.05, 0) is 268 Å². The first-order valence-corrected chi connectivity index (χ1v) is 45.2. The minimum atomic E-state index is -0.545. The third kappa shape index (κ3) is 13.7. The van der Waals surface area contributed by atoms with Gasteiger partial charge >= 0.3 is 0 Å². The highest BCUT2D eigenvalue weighted by molar-refractivity contribution is 7.00. The first-order valence-electron chi connectivity index (χ1n) is 49.7. The molecule has 7 heteroatoms. The van der Waals surface area contributed by atoms with Crippen molar-refractivity contribution in [2.75, 3.05) is 14.7 Å². The molecule has 17 aromatic carbocycles. The summed E-state index contributed by atoms with van der Waals surface area (Å²) < 4.78 is 94.3. The Hall–Kier alpha value is -14.4. The number of para-hydroxylation sites is 3. The van der Waals surface area contributed by atoms with Crippen LogP contribution in [0.15, 0.2) is 376 Å². The summed E-state index contributed by atoms with van der Waals surface area (Å²) in [7, 11) is 0. The average molecular weight is 1680 g/mol. The second-order valence-corrected chi connectivity index (χ2v) is 40.4. The van der Waals surface area contributed by atoms with E-state index in [9.17, 15) is 8.22 Å². The predicted octanol–water partition coefficient (Wildman–Crippen LogP) is 31.7. The summed E-state index contributed by atoms with van der Waals surface area (Å²) in [6, 6.07) is 113. The van der Waals surface area contributed by atoms with Crippen LogP contribution in [0.3, 0.4) is 0 Å². The molecule has 0 saturated carbocycles. The van der Waals surface area contributed by atoms with Gasteiger partial charge in [0.2, 0.25) is 0 Å². The van der Waals surface area contributed by atoms with Crippen LogP contribution in [0, 0.1) is 0 Å². The average Bonchev–Trinajstić information content (AvgIpc) is 1.10. The Balaban J connectivity index is 0.944. The normalized spacial score (nSPS) is 14.0. The SMILES string of the molecule is [2H]c1c([2H])c([2H])c(N(c2ccccc2)c2ccc3c(c2)c2c([2H])c([2H])c([2H])c([2H])c2n3-c2cc3c4c(c2)N(c2c(-c5ccccc5)cc(C(C)(C)C)cc2-c2ccccc2)c2cc(-n5c6ccc(C(C)(C)C)cc6c6cc(C(C)(C)C)ccc65)ccc2B4c2ccc(-n4c5ccc(C(C)(C)C)cc5c5cc(C(C)(C)C)ccc54)cc2N3c2cc(-c3ccccc3)cc(-c3ccccc3)c2)c([2H])c1[2H]. The smallest absolute Gasteiger partial charge is 0.252 e. The summed E-state index contributed by atoms with van der Waals surface area (Å²) in [5.74, 6) is 0. The molecule has 6 nitrogen and oxygen atoms in total. The summed E-state index contributed by atoms with van der Waals surface area (Å²) >= 11 is 0. The molecule has 3 aromatic heterocycles. The lowest BCUT2D eigenvalue weighted by molar-refractivity contribution is 0.590. The molecule has 22 rings (SSSR count). The van der Waals surface area contributed by atoms with Crippen LogP contribution in [0.5, 0.6) is 0 Å². The van der Waals surface area contributed by atoms with E-state index in [1.165, 1.54) is 22.3 Å². The number of rotatable bonds is 12. The van der Waals surface area contributed by atoms with Crippen LogP contribution in [-0.2, 0) is 27.1 Å². The fourth-order valence-electron chi connectivity index (χ4n) is 20.1. The van der Waals surface area contributed by atoms with Gasteiger partial charge in [0.05, 0.1) is 56.8 Å².